The van der Waals surface area contributed by atoms with Gasteiger partial charge in [-0.1, -0.05) is 17.7 Å². The average Bonchev–Trinajstić information content (AvgIpc) is 2.38. The Balaban J connectivity index is 2.20. The Hall–Kier alpha value is -1.35. The highest BCUT2D eigenvalue weighted by molar-refractivity contribution is 5.96. The first kappa shape index (κ1) is 15.0. The molecule has 0 aliphatic carbocycles. The summed E-state index contributed by atoms with van der Waals surface area (Å²) in [4.78, 5) is 14.7. The van der Waals surface area contributed by atoms with Crippen molar-refractivity contribution in [2.45, 2.75) is 58.6 Å². The van der Waals surface area contributed by atoms with Gasteiger partial charge in [-0.25, -0.2) is 0 Å². The van der Waals surface area contributed by atoms with Crippen molar-refractivity contribution >= 4 is 5.91 Å². The first-order valence-corrected chi connectivity index (χ1v) is 7.55. The van der Waals surface area contributed by atoms with Gasteiger partial charge in [0.1, 0.15) is 0 Å². The summed E-state index contributed by atoms with van der Waals surface area (Å²) in [5.74, 6) is 0.118. The Morgan fingerprint density at radius 3 is 2.80 bits per heavy atom. The molecule has 1 aliphatic rings. The normalized spacial score (nSPS) is 20.8. The topological polar surface area (TPSA) is 40.5 Å². The van der Waals surface area contributed by atoms with Crippen LogP contribution >= 0.6 is 0 Å². The van der Waals surface area contributed by atoms with Crippen molar-refractivity contribution in [3.05, 3.63) is 34.9 Å². The van der Waals surface area contributed by atoms with Crippen molar-refractivity contribution in [2.24, 2.45) is 0 Å². The van der Waals surface area contributed by atoms with Gasteiger partial charge in [-0.05, 0) is 58.1 Å². The van der Waals surface area contributed by atoms with Crippen LogP contribution in [0.1, 0.15) is 54.1 Å². The number of aryl methyl sites for hydroxylation is 2. The number of benzene rings is 1. The fraction of sp³-hybridized carbons (Fsp3) is 0.588. The third-order valence-electron chi connectivity index (χ3n) is 4.11. The molecule has 3 nitrogen and oxygen atoms in total. The maximum atomic E-state index is 12.8. The molecule has 1 aromatic carbocycles. The largest absolute Gasteiger partial charge is 0.393 e. The van der Waals surface area contributed by atoms with Crippen LogP contribution in [0.15, 0.2) is 18.2 Å². The fourth-order valence-electron chi connectivity index (χ4n) is 3.12. The molecule has 2 unspecified atom stereocenters. The molecular formula is C17H25NO2. The number of hydrogen-bond acceptors (Lipinski definition) is 2. The van der Waals surface area contributed by atoms with Crippen LogP contribution < -0.4 is 0 Å². The van der Waals surface area contributed by atoms with Gasteiger partial charge in [0, 0.05) is 18.2 Å². The van der Waals surface area contributed by atoms with Gasteiger partial charge in [-0.3, -0.25) is 4.79 Å². The monoisotopic (exact) mass is 275 g/mol. The number of amides is 1. The standard InChI is InChI=1S/C17H25NO2/c1-12-7-8-16(13(2)10-12)17(20)18-9-5-4-6-15(18)11-14(3)19/h7-8,10,14-15,19H,4-6,9,11H2,1-3H3. The highest BCUT2D eigenvalue weighted by Crippen LogP contribution is 2.24. The quantitative estimate of drug-likeness (QED) is 0.921. The highest BCUT2D eigenvalue weighted by Gasteiger charge is 2.28. The van der Waals surface area contributed by atoms with Crippen molar-refractivity contribution in [3.8, 4) is 0 Å². The van der Waals surface area contributed by atoms with E-state index in [4.69, 9.17) is 0 Å². The second-order valence-electron chi connectivity index (χ2n) is 6.05. The second kappa shape index (κ2) is 6.40. The molecule has 20 heavy (non-hydrogen) atoms. The third-order valence-corrected chi connectivity index (χ3v) is 4.11. The predicted molar refractivity (Wildman–Crippen MR) is 80.9 cm³/mol. The Kier molecular flexibility index (Phi) is 4.81. The minimum Gasteiger partial charge on any atom is -0.393 e. The van der Waals surface area contributed by atoms with Gasteiger partial charge in [0.2, 0.25) is 0 Å². The highest BCUT2D eigenvalue weighted by atomic mass is 16.3. The third kappa shape index (κ3) is 3.40. The van der Waals surface area contributed by atoms with Crippen LogP contribution in [-0.4, -0.2) is 34.6 Å². The first-order valence-electron chi connectivity index (χ1n) is 7.55. The van der Waals surface area contributed by atoms with Gasteiger partial charge in [-0.15, -0.1) is 0 Å². The average molecular weight is 275 g/mol. The molecule has 2 atom stereocenters. The molecule has 0 spiro atoms. The zero-order chi connectivity index (χ0) is 14.7. The molecule has 0 aromatic heterocycles. The van der Waals surface area contributed by atoms with Crippen LogP contribution in [0.3, 0.4) is 0 Å². The number of rotatable bonds is 3. The number of hydrogen-bond donors (Lipinski definition) is 1. The second-order valence-corrected chi connectivity index (χ2v) is 6.05. The van der Waals surface area contributed by atoms with E-state index in [0.29, 0.717) is 6.42 Å². The molecule has 0 bridgehead atoms. The van der Waals surface area contributed by atoms with E-state index in [1.54, 1.807) is 6.92 Å². The Labute approximate surface area is 121 Å². The Morgan fingerprint density at radius 1 is 1.40 bits per heavy atom. The van der Waals surface area contributed by atoms with E-state index < -0.39 is 0 Å². The lowest BCUT2D eigenvalue weighted by Gasteiger charge is -2.37. The molecule has 1 heterocycles. The van der Waals surface area contributed by atoms with Gasteiger partial charge in [0.05, 0.1) is 6.10 Å². The van der Waals surface area contributed by atoms with E-state index in [1.165, 1.54) is 5.56 Å². The maximum absolute atomic E-state index is 12.8. The molecule has 0 saturated carbocycles. The van der Waals surface area contributed by atoms with Crippen LogP contribution in [-0.2, 0) is 0 Å². The van der Waals surface area contributed by atoms with Gasteiger partial charge in [0.25, 0.3) is 5.91 Å². The minimum absolute atomic E-state index is 0.118. The Bertz CT molecular complexity index is 482. The number of likely N-dealkylation sites (tertiary alicyclic amines) is 1. The Morgan fingerprint density at radius 2 is 2.15 bits per heavy atom. The van der Waals surface area contributed by atoms with E-state index in [1.807, 2.05) is 30.9 Å². The molecule has 1 amide bonds. The molecule has 1 aliphatic heterocycles. The van der Waals surface area contributed by atoms with E-state index in [2.05, 4.69) is 6.07 Å². The molecule has 1 fully saturated rings. The summed E-state index contributed by atoms with van der Waals surface area (Å²) < 4.78 is 0. The molecular weight excluding hydrogens is 250 g/mol. The number of aliphatic hydroxyl groups excluding tert-OH is 1. The van der Waals surface area contributed by atoms with Crippen molar-refractivity contribution in [2.75, 3.05) is 6.54 Å². The summed E-state index contributed by atoms with van der Waals surface area (Å²) in [6.45, 7) is 6.64. The summed E-state index contributed by atoms with van der Waals surface area (Å²) in [5.41, 5.74) is 3.02. The van der Waals surface area contributed by atoms with Crippen LogP contribution in [0.4, 0.5) is 0 Å². The smallest absolute Gasteiger partial charge is 0.254 e. The molecule has 0 radical (unpaired) electrons. The molecule has 110 valence electrons. The predicted octanol–water partition coefficient (Wildman–Crippen LogP) is 3.07. The van der Waals surface area contributed by atoms with E-state index in [-0.39, 0.29) is 18.1 Å². The molecule has 2 rings (SSSR count). The van der Waals surface area contributed by atoms with Crippen LogP contribution in [0.2, 0.25) is 0 Å². The lowest BCUT2D eigenvalue weighted by Crippen LogP contribution is -2.45. The van der Waals surface area contributed by atoms with Crippen molar-refractivity contribution in [3.63, 3.8) is 0 Å². The van der Waals surface area contributed by atoms with Gasteiger partial charge in [0.15, 0.2) is 0 Å². The van der Waals surface area contributed by atoms with Gasteiger partial charge >= 0.3 is 0 Å². The summed E-state index contributed by atoms with van der Waals surface area (Å²) in [6.07, 6.45) is 3.53. The van der Waals surface area contributed by atoms with Crippen LogP contribution in [0.25, 0.3) is 0 Å². The number of carbonyl (C=O) groups is 1. The van der Waals surface area contributed by atoms with Crippen LogP contribution in [0.5, 0.6) is 0 Å². The van der Waals surface area contributed by atoms with E-state index >= 15 is 0 Å². The number of aliphatic hydroxyl groups is 1. The number of carbonyl (C=O) groups excluding carboxylic acids is 1. The van der Waals surface area contributed by atoms with Crippen LogP contribution in [0, 0.1) is 13.8 Å². The van der Waals surface area contributed by atoms with Crippen molar-refractivity contribution in [1.82, 2.24) is 4.90 Å². The van der Waals surface area contributed by atoms with E-state index in [9.17, 15) is 9.90 Å². The molecule has 1 aromatic rings. The first-order chi connectivity index (χ1) is 9.49. The summed E-state index contributed by atoms with van der Waals surface area (Å²) in [5, 5.41) is 9.63. The number of nitrogens with zero attached hydrogens (tertiary/aromatic N) is 1. The summed E-state index contributed by atoms with van der Waals surface area (Å²) in [6, 6.07) is 6.16. The van der Waals surface area contributed by atoms with Crippen molar-refractivity contribution in [1.29, 1.82) is 0 Å². The summed E-state index contributed by atoms with van der Waals surface area (Å²) >= 11 is 0. The number of piperidine rings is 1. The van der Waals surface area contributed by atoms with Gasteiger partial charge < -0.3 is 10.0 Å². The maximum Gasteiger partial charge on any atom is 0.254 e. The lowest BCUT2D eigenvalue weighted by molar-refractivity contribution is 0.0514. The lowest BCUT2D eigenvalue weighted by atomic mass is 9.95. The SMILES string of the molecule is Cc1ccc(C(=O)N2CCCCC2CC(C)O)c(C)c1. The summed E-state index contributed by atoms with van der Waals surface area (Å²) in [7, 11) is 0. The zero-order valence-corrected chi connectivity index (χ0v) is 12.7. The minimum atomic E-state index is -0.354. The van der Waals surface area contributed by atoms with Crippen molar-refractivity contribution < 1.29 is 9.90 Å². The molecule has 1 N–H and O–H groups in total. The zero-order valence-electron chi connectivity index (χ0n) is 12.7. The molecule has 1 saturated heterocycles. The fourth-order valence-corrected chi connectivity index (χ4v) is 3.12. The van der Waals surface area contributed by atoms with Gasteiger partial charge in [-0.2, -0.15) is 0 Å². The molecule has 3 heteroatoms. The van der Waals surface area contributed by atoms with E-state index in [0.717, 1.165) is 36.9 Å².